The van der Waals surface area contributed by atoms with Gasteiger partial charge < -0.3 is 4.90 Å². The van der Waals surface area contributed by atoms with Crippen molar-refractivity contribution in [3.63, 3.8) is 0 Å². The lowest BCUT2D eigenvalue weighted by Gasteiger charge is -2.33. The van der Waals surface area contributed by atoms with Gasteiger partial charge in [-0.05, 0) is 31.6 Å². The van der Waals surface area contributed by atoms with E-state index in [0.717, 1.165) is 45.2 Å². The molecule has 0 radical (unpaired) electrons. The summed E-state index contributed by atoms with van der Waals surface area (Å²) in [7, 11) is 0. The Morgan fingerprint density at radius 2 is 1.82 bits per heavy atom. The molecular weight excluding hydrogens is 280 g/mol. The number of unbranched alkanes of at least 4 members (excludes halogenated alkanes) is 1. The standard InChI is InChI=1S/C17H32N2O3/c1-4-5-9-13(2)12-15(14(3)16(20)18-22)17(21)19-10-7-6-8-11-19/h13-15,22H,4-12H2,1-3H3,(H,18,20). The molecule has 1 saturated heterocycles. The van der Waals surface area contributed by atoms with Gasteiger partial charge in [0.25, 0.3) is 0 Å². The molecule has 0 spiro atoms. The number of likely N-dealkylation sites (tertiary alicyclic amines) is 1. The summed E-state index contributed by atoms with van der Waals surface area (Å²) >= 11 is 0. The second-order valence-electron chi connectivity index (χ2n) is 6.74. The molecular formula is C17H32N2O3. The summed E-state index contributed by atoms with van der Waals surface area (Å²) in [5, 5.41) is 8.90. The van der Waals surface area contributed by atoms with Crippen molar-refractivity contribution in [1.29, 1.82) is 0 Å². The van der Waals surface area contributed by atoms with Gasteiger partial charge in [-0.2, -0.15) is 0 Å². The number of carbonyl (C=O) groups excluding carboxylic acids is 2. The van der Waals surface area contributed by atoms with E-state index in [4.69, 9.17) is 5.21 Å². The predicted molar refractivity (Wildman–Crippen MR) is 86.3 cm³/mol. The smallest absolute Gasteiger partial charge is 0.246 e. The molecule has 3 unspecified atom stereocenters. The van der Waals surface area contributed by atoms with Crippen molar-refractivity contribution in [3.05, 3.63) is 0 Å². The molecule has 22 heavy (non-hydrogen) atoms. The topological polar surface area (TPSA) is 69.6 Å². The average molecular weight is 312 g/mol. The normalized spacial score (nSPS) is 19.4. The van der Waals surface area contributed by atoms with Crippen LogP contribution in [0.5, 0.6) is 0 Å². The molecule has 0 aromatic carbocycles. The first-order chi connectivity index (χ1) is 10.5. The second-order valence-corrected chi connectivity index (χ2v) is 6.74. The largest absolute Gasteiger partial charge is 0.342 e. The number of piperidine rings is 1. The van der Waals surface area contributed by atoms with Gasteiger partial charge in [0.1, 0.15) is 0 Å². The third kappa shape index (κ3) is 5.59. The van der Waals surface area contributed by atoms with Crippen LogP contribution < -0.4 is 5.48 Å². The van der Waals surface area contributed by atoms with Gasteiger partial charge in [0.05, 0.1) is 0 Å². The Labute approximate surface area is 134 Å². The number of amides is 2. The molecule has 5 nitrogen and oxygen atoms in total. The third-order valence-electron chi connectivity index (χ3n) is 4.82. The van der Waals surface area contributed by atoms with Crippen LogP contribution in [0.4, 0.5) is 0 Å². The summed E-state index contributed by atoms with van der Waals surface area (Å²) < 4.78 is 0. The van der Waals surface area contributed by atoms with E-state index in [1.807, 2.05) is 4.90 Å². The van der Waals surface area contributed by atoms with Crippen LogP contribution in [0.15, 0.2) is 0 Å². The highest BCUT2D eigenvalue weighted by Crippen LogP contribution is 2.27. The van der Waals surface area contributed by atoms with Crippen LogP contribution in [0.1, 0.15) is 65.7 Å². The maximum atomic E-state index is 12.8. The minimum absolute atomic E-state index is 0.0825. The quantitative estimate of drug-likeness (QED) is 0.535. The first kappa shape index (κ1) is 18.9. The van der Waals surface area contributed by atoms with E-state index < -0.39 is 11.8 Å². The Kier molecular flexibility index (Phi) is 8.46. The van der Waals surface area contributed by atoms with Crippen molar-refractivity contribution in [2.45, 2.75) is 65.7 Å². The number of carbonyl (C=O) groups is 2. The van der Waals surface area contributed by atoms with Gasteiger partial charge in [0, 0.05) is 24.9 Å². The maximum Gasteiger partial charge on any atom is 0.246 e. The highest BCUT2D eigenvalue weighted by Gasteiger charge is 2.34. The Morgan fingerprint density at radius 1 is 1.18 bits per heavy atom. The molecule has 2 N–H and O–H groups in total. The van der Waals surface area contributed by atoms with E-state index in [1.54, 1.807) is 12.4 Å². The van der Waals surface area contributed by atoms with Crippen molar-refractivity contribution in [3.8, 4) is 0 Å². The number of nitrogens with zero attached hydrogens (tertiary/aromatic N) is 1. The van der Waals surface area contributed by atoms with Crippen LogP contribution in [0.2, 0.25) is 0 Å². The van der Waals surface area contributed by atoms with Gasteiger partial charge in [0.15, 0.2) is 0 Å². The average Bonchev–Trinajstić information content (AvgIpc) is 2.56. The van der Waals surface area contributed by atoms with Crippen LogP contribution in [-0.4, -0.2) is 35.0 Å². The minimum atomic E-state index is -0.497. The molecule has 3 atom stereocenters. The fourth-order valence-electron chi connectivity index (χ4n) is 3.26. The maximum absolute atomic E-state index is 12.8. The number of hydroxylamine groups is 1. The molecule has 1 aliphatic rings. The van der Waals surface area contributed by atoms with E-state index in [9.17, 15) is 9.59 Å². The number of hydrogen-bond acceptors (Lipinski definition) is 3. The van der Waals surface area contributed by atoms with E-state index in [1.165, 1.54) is 6.42 Å². The molecule has 0 aromatic heterocycles. The molecule has 0 aromatic rings. The SMILES string of the molecule is CCCCC(C)CC(C(=O)N1CCCCC1)C(C)C(=O)NO. The van der Waals surface area contributed by atoms with Crippen LogP contribution in [-0.2, 0) is 9.59 Å². The molecule has 0 saturated carbocycles. The molecule has 1 rings (SSSR count). The third-order valence-corrected chi connectivity index (χ3v) is 4.82. The van der Waals surface area contributed by atoms with Crippen molar-refractivity contribution in [1.82, 2.24) is 10.4 Å². The van der Waals surface area contributed by atoms with Crippen LogP contribution in [0.3, 0.4) is 0 Å². The lowest BCUT2D eigenvalue weighted by Crippen LogP contribution is -2.45. The summed E-state index contributed by atoms with van der Waals surface area (Å²) in [4.78, 5) is 26.5. The van der Waals surface area contributed by atoms with Gasteiger partial charge in [0.2, 0.25) is 11.8 Å². The van der Waals surface area contributed by atoms with Crippen LogP contribution in [0, 0.1) is 17.8 Å². The van der Waals surface area contributed by atoms with Crippen molar-refractivity contribution in [2.24, 2.45) is 17.8 Å². The molecule has 0 bridgehead atoms. The summed E-state index contributed by atoms with van der Waals surface area (Å²) in [5.74, 6) is -0.801. The zero-order valence-electron chi connectivity index (χ0n) is 14.3. The number of nitrogens with one attached hydrogen (secondary N) is 1. The van der Waals surface area contributed by atoms with Gasteiger partial charge in [-0.1, -0.05) is 40.0 Å². The van der Waals surface area contributed by atoms with E-state index in [0.29, 0.717) is 12.3 Å². The van der Waals surface area contributed by atoms with E-state index in [-0.39, 0.29) is 11.8 Å². The monoisotopic (exact) mass is 312 g/mol. The second kappa shape index (κ2) is 9.82. The Balaban J connectivity index is 2.75. The molecule has 1 aliphatic heterocycles. The predicted octanol–water partition coefficient (Wildman–Crippen LogP) is 2.97. The Morgan fingerprint density at radius 3 is 2.36 bits per heavy atom. The van der Waals surface area contributed by atoms with Gasteiger partial charge in [-0.15, -0.1) is 0 Å². The summed E-state index contributed by atoms with van der Waals surface area (Å²) in [6.45, 7) is 7.64. The zero-order valence-corrected chi connectivity index (χ0v) is 14.3. The number of hydrogen-bond donors (Lipinski definition) is 2. The molecule has 128 valence electrons. The lowest BCUT2D eigenvalue weighted by atomic mass is 9.82. The first-order valence-corrected chi connectivity index (χ1v) is 8.74. The van der Waals surface area contributed by atoms with Crippen molar-refractivity contribution >= 4 is 11.8 Å². The lowest BCUT2D eigenvalue weighted by molar-refractivity contribution is -0.145. The Bertz CT molecular complexity index is 354. The van der Waals surface area contributed by atoms with E-state index in [2.05, 4.69) is 13.8 Å². The highest BCUT2D eigenvalue weighted by atomic mass is 16.5. The molecule has 1 fully saturated rings. The van der Waals surface area contributed by atoms with Gasteiger partial charge >= 0.3 is 0 Å². The zero-order chi connectivity index (χ0) is 16.5. The Hall–Kier alpha value is -1.10. The number of rotatable bonds is 8. The minimum Gasteiger partial charge on any atom is -0.342 e. The van der Waals surface area contributed by atoms with Gasteiger partial charge in [-0.3, -0.25) is 14.8 Å². The van der Waals surface area contributed by atoms with Crippen LogP contribution >= 0.6 is 0 Å². The fourth-order valence-corrected chi connectivity index (χ4v) is 3.26. The molecule has 1 heterocycles. The first-order valence-electron chi connectivity index (χ1n) is 8.74. The fraction of sp³-hybridized carbons (Fsp3) is 0.882. The molecule has 0 aliphatic carbocycles. The molecule has 2 amide bonds. The highest BCUT2D eigenvalue weighted by molar-refractivity contribution is 5.87. The van der Waals surface area contributed by atoms with Crippen molar-refractivity contribution < 1.29 is 14.8 Å². The van der Waals surface area contributed by atoms with Crippen molar-refractivity contribution in [2.75, 3.05) is 13.1 Å². The summed E-state index contributed by atoms with van der Waals surface area (Å²) in [6.07, 6.45) is 7.34. The summed E-state index contributed by atoms with van der Waals surface area (Å²) in [5.41, 5.74) is 1.71. The van der Waals surface area contributed by atoms with E-state index >= 15 is 0 Å². The summed E-state index contributed by atoms with van der Waals surface area (Å²) in [6, 6.07) is 0. The molecule has 5 heteroatoms. The van der Waals surface area contributed by atoms with Gasteiger partial charge in [-0.25, -0.2) is 5.48 Å². The van der Waals surface area contributed by atoms with Crippen LogP contribution in [0.25, 0.3) is 0 Å².